The van der Waals surface area contributed by atoms with Crippen LogP contribution in [0.2, 0.25) is 0 Å². The Bertz CT molecular complexity index is 224. The van der Waals surface area contributed by atoms with Gasteiger partial charge in [-0.05, 0) is 20.9 Å². The van der Waals surface area contributed by atoms with Crippen LogP contribution in [0, 0.1) is 0 Å². The van der Waals surface area contributed by atoms with E-state index in [1.54, 1.807) is 6.33 Å². The Balaban J connectivity index is 0. The third-order valence-corrected chi connectivity index (χ3v) is 1.47. The first-order valence-corrected chi connectivity index (χ1v) is 3.78. The molecule has 0 radical (unpaired) electrons. The molecule has 0 saturated heterocycles. The fourth-order valence-electron chi connectivity index (χ4n) is 0.990. The lowest BCUT2D eigenvalue weighted by molar-refractivity contribution is 0.497. The van der Waals surface area contributed by atoms with Gasteiger partial charge >= 0.3 is 0 Å². The van der Waals surface area contributed by atoms with Crippen molar-refractivity contribution in [1.29, 1.82) is 0 Å². The lowest BCUT2D eigenvalue weighted by Crippen LogP contribution is -2.14. The molecule has 0 aliphatic heterocycles. The second kappa shape index (κ2) is 7.12. The quantitative estimate of drug-likeness (QED) is 0.849. The van der Waals surface area contributed by atoms with Gasteiger partial charge in [-0.1, -0.05) is 0 Å². The summed E-state index contributed by atoms with van der Waals surface area (Å²) in [5.74, 6) is 0.988. The van der Waals surface area contributed by atoms with Gasteiger partial charge in [0.1, 0.15) is 12.2 Å². The SMILES string of the molecule is CNCc1ncnn1C(C)C.Cl.Cl. The molecule has 1 aromatic rings. The smallest absolute Gasteiger partial charge is 0.141 e. The number of hydrogen-bond donors (Lipinski definition) is 1. The summed E-state index contributed by atoms with van der Waals surface area (Å²) in [6.07, 6.45) is 1.59. The maximum Gasteiger partial charge on any atom is 0.141 e. The van der Waals surface area contributed by atoms with Crippen LogP contribution < -0.4 is 5.32 Å². The molecule has 4 nitrogen and oxygen atoms in total. The van der Waals surface area contributed by atoms with E-state index in [1.165, 1.54) is 0 Å². The number of rotatable bonds is 3. The Morgan fingerprint density at radius 2 is 2.08 bits per heavy atom. The maximum atomic E-state index is 4.12. The summed E-state index contributed by atoms with van der Waals surface area (Å²) >= 11 is 0. The summed E-state index contributed by atoms with van der Waals surface area (Å²) in [6, 6.07) is 0.390. The third kappa shape index (κ3) is 3.93. The molecule has 0 amide bonds. The topological polar surface area (TPSA) is 42.7 Å². The van der Waals surface area contributed by atoms with Gasteiger partial charge in [-0.25, -0.2) is 9.67 Å². The van der Waals surface area contributed by atoms with Crippen molar-refractivity contribution in [2.75, 3.05) is 7.05 Å². The Labute approximate surface area is 90.9 Å². The van der Waals surface area contributed by atoms with E-state index in [-0.39, 0.29) is 24.8 Å². The summed E-state index contributed by atoms with van der Waals surface area (Å²) < 4.78 is 1.91. The monoisotopic (exact) mass is 226 g/mol. The lowest BCUT2D eigenvalue weighted by Gasteiger charge is -2.07. The number of halogens is 2. The van der Waals surface area contributed by atoms with Crippen LogP contribution in [0.25, 0.3) is 0 Å². The minimum Gasteiger partial charge on any atom is -0.313 e. The summed E-state index contributed by atoms with van der Waals surface area (Å²) in [5, 5.41) is 7.14. The van der Waals surface area contributed by atoms with Crippen molar-refractivity contribution in [3.05, 3.63) is 12.2 Å². The maximum absolute atomic E-state index is 4.12. The van der Waals surface area contributed by atoms with Crippen LogP contribution in [-0.4, -0.2) is 21.8 Å². The van der Waals surface area contributed by atoms with Crippen molar-refractivity contribution in [3.63, 3.8) is 0 Å². The zero-order valence-corrected chi connectivity index (χ0v) is 9.65. The first-order valence-electron chi connectivity index (χ1n) is 3.78. The van der Waals surface area contributed by atoms with Crippen molar-refractivity contribution < 1.29 is 0 Å². The van der Waals surface area contributed by atoms with E-state index in [1.807, 2.05) is 11.7 Å². The van der Waals surface area contributed by atoms with Gasteiger partial charge in [0.25, 0.3) is 0 Å². The first-order chi connectivity index (χ1) is 5.25. The largest absolute Gasteiger partial charge is 0.313 e. The molecule has 1 N–H and O–H groups in total. The first kappa shape index (κ1) is 15.2. The summed E-state index contributed by atoms with van der Waals surface area (Å²) in [7, 11) is 1.90. The van der Waals surface area contributed by atoms with Crippen molar-refractivity contribution in [2.24, 2.45) is 0 Å². The third-order valence-electron chi connectivity index (χ3n) is 1.47. The highest BCUT2D eigenvalue weighted by Crippen LogP contribution is 2.03. The highest BCUT2D eigenvalue weighted by molar-refractivity contribution is 5.85. The second-order valence-corrected chi connectivity index (χ2v) is 2.74. The zero-order valence-electron chi connectivity index (χ0n) is 8.02. The Morgan fingerprint density at radius 3 is 2.54 bits per heavy atom. The van der Waals surface area contributed by atoms with E-state index in [0.717, 1.165) is 12.4 Å². The fraction of sp³-hybridized carbons (Fsp3) is 0.714. The van der Waals surface area contributed by atoms with Crippen LogP contribution in [-0.2, 0) is 6.54 Å². The van der Waals surface area contributed by atoms with Crippen molar-refractivity contribution in [2.45, 2.75) is 26.4 Å². The molecule has 0 saturated carbocycles. The van der Waals surface area contributed by atoms with Crippen molar-refractivity contribution in [1.82, 2.24) is 20.1 Å². The minimum absolute atomic E-state index is 0. The van der Waals surface area contributed by atoms with Gasteiger partial charge in [0, 0.05) is 6.04 Å². The molecule has 1 aromatic heterocycles. The molecule has 0 unspecified atom stereocenters. The Kier molecular flexibility index (Phi) is 8.30. The van der Waals surface area contributed by atoms with Gasteiger partial charge in [-0.15, -0.1) is 24.8 Å². The summed E-state index contributed by atoms with van der Waals surface area (Å²) in [5.41, 5.74) is 0. The zero-order chi connectivity index (χ0) is 8.27. The molecule has 0 atom stereocenters. The number of aromatic nitrogens is 3. The van der Waals surface area contributed by atoms with Gasteiger partial charge in [-0.3, -0.25) is 0 Å². The molecule has 78 valence electrons. The molecule has 13 heavy (non-hydrogen) atoms. The molecule has 0 fully saturated rings. The van der Waals surface area contributed by atoms with Crippen molar-refractivity contribution in [3.8, 4) is 0 Å². The molecule has 0 aliphatic carbocycles. The molecule has 0 spiro atoms. The van der Waals surface area contributed by atoms with Gasteiger partial charge in [0.15, 0.2) is 0 Å². The molecule has 1 rings (SSSR count). The number of hydrogen-bond acceptors (Lipinski definition) is 3. The van der Waals surface area contributed by atoms with E-state index >= 15 is 0 Å². The molecule has 0 aromatic carbocycles. The number of nitrogens with one attached hydrogen (secondary N) is 1. The van der Waals surface area contributed by atoms with Crippen LogP contribution in [0.3, 0.4) is 0 Å². The van der Waals surface area contributed by atoms with Crippen LogP contribution in [0.1, 0.15) is 25.7 Å². The summed E-state index contributed by atoms with van der Waals surface area (Å²) in [6.45, 7) is 4.96. The molecule has 0 aliphatic rings. The predicted molar refractivity (Wildman–Crippen MR) is 57.7 cm³/mol. The molecule has 6 heteroatoms. The van der Waals surface area contributed by atoms with E-state index in [0.29, 0.717) is 6.04 Å². The van der Waals surface area contributed by atoms with Gasteiger partial charge in [-0.2, -0.15) is 5.10 Å². The standard InChI is InChI=1S/C7H14N4.2ClH/c1-6(2)11-7(4-8-3)9-5-10-11;;/h5-6,8H,4H2,1-3H3;2*1H. The highest BCUT2D eigenvalue weighted by Gasteiger charge is 2.04. The van der Waals surface area contributed by atoms with Gasteiger partial charge in [0.2, 0.25) is 0 Å². The summed E-state index contributed by atoms with van der Waals surface area (Å²) in [4.78, 5) is 4.12. The Morgan fingerprint density at radius 1 is 1.46 bits per heavy atom. The minimum atomic E-state index is 0. The molecular weight excluding hydrogens is 211 g/mol. The van der Waals surface area contributed by atoms with Crippen molar-refractivity contribution >= 4 is 24.8 Å². The molecule has 0 bridgehead atoms. The van der Waals surface area contributed by atoms with E-state index < -0.39 is 0 Å². The number of nitrogens with zero attached hydrogens (tertiary/aromatic N) is 3. The lowest BCUT2D eigenvalue weighted by atomic mass is 10.4. The van der Waals surface area contributed by atoms with E-state index in [4.69, 9.17) is 0 Å². The average molecular weight is 227 g/mol. The van der Waals surface area contributed by atoms with Crippen LogP contribution in [0.4, 0.5) is 0 Å². The second-order valence-electron chi connectivity index (χ2n) is 2.74. The van der Waals surface area contributed by atoms with Gasteiger partial charge < -0.3 is 5.32 Å². The predicted octanol–water partition coefficient (Wildman–Crippen LogP) is 1.42. The fourth-order valence-corrected chi connectivity index (χ4v) is 0.990. The van der Waals surface area contributed by atoms with Gasteiger partial charge in [0.05, 0.1) is 6.54 Å². The van der Waals surface area contributed by atoms with Crippen LogP contribution >= 0.6 is 24.8 Å². The molecule has 1 heterocycles. The van der Waals surface area contributed by atoms with Crippen LogP contribution in [0.5, 0.6) is 0 Å². The van der Waals surface area contributed by atoms with E-state index in [2.05, 4.69) is 29.2 Å². The van der Waals surface area contributed by atoms with Crippen LogP contribution in [0.15, 0.2) is 6.33 Å². The normalized spacial score (nSPS) is 9.23. The molecular formula is C7H16Cl2N4. The average Bonchev–Trinajstić information content (AvgIpc) is 2.36. The Hall–Kier alpha value is -0.320. The highest BCUT2D eigenvalue weighted by atomic mass is 35.5. The van der Waals surface area contributed by atoms with E-state index in [9.17, 15) is 0 Å².